The Balaban J connectivity index is 1.16. The maximum Gasteiger partial charge on any atom is 0.407 e. The van der Waals surface area contributed by atoms with Gasteiger partial charge in [-0.25, -0.2) is 18.6 Å². The number of anilines is 1. The lowest BCUT2D eigenvalue weighted by molar-refractivity contribution is -0.0967. The first-order valence-corrected chi connectivity index (χ1v) is 20.1. The minimum atomic E-state index is -0.845. The second-order valence-electron chi connectivity index (χ2n) is 16.7. The summed E-state index contributed by atoms with van der Waals surface area (Å²) in [7, 11) is 1.42. The van der Waals surface area contributed by atoms with Crippen LogP contribution in [0.4, 0.5) is 19.4 Å². The van der Waals surface area contributed by atoms with Gasteiger partial charge in [0.25, 0.3) is 0 Å². The molecule has 300 valence electrons. The number of pyridine rings is 1. The molecular formula is C43H48F2N6O6. The van der Waals surface area contributed by atoms with E-state index in [0.717, 1.165) is 51.5 Å². The summed E-state index contributed by atoms with van der Waals surface area (Å²) in [5.41, 5.74) is -1.31. The van der Waals surface area contributed by atoms with Gasteiger partial charge in [0.05, 0.1) is 44.6 Å². The Bertz CT molecular complexity index is 2290. The van der Waals surface area contributed by atoms with E-state index in [2.05, 4.69) is 35.0 Å². The second kappa shape index (κ2) is 14.4. The number of carbonyl (C=O) groups is 1. The predicted octanol–water partition coefficient (Wildman–Crippen LogP) is 6.87. The molecule has 2 N–H and O–H groups in total. The number of fused-ring (bicyclic) bond motifs is 3. The van der Waals surface area contributed by atoms with E-state index in [1.165, 1.54) is 31.4 Å². The van der Waals surface area contributed by atoms with Crippen molar-refractivity contribution in [3.05, 3.63) is 41.5 Å². The third-order valence-corrected chi connectivity index (χ3v) is 13.0. The third kappa shape index (κ3) is 6.52. The molecule has 14 heteroatoms. The molecule has 2 aromatic carbocycles. The Labute approximate surface area is 330 Å². The number of terminal acetylenes is 1. The van der Waals surface area contributed by atoms with Gasteiger partial charge in [-0.1, -0.05) is 18.4 Å². The summed E-state index contributed by atoms with van der Waals surface area (Å²) in [5.74, 6) is 1.04. The van der Waals surface area contributed by atoms with Crippen LogP contribution in [0.1, 0.15) is 77.2 Å². The van der Waals surface area contributed by atoms with Crippen LogP contribution in [0.2, 0.25) is 0 Å². The number of phenols is 1. The van der Waals surface area contributed by atoms with Crippen LogP contribution >= 0.6 is 0 Å². The van der Waals surface area contributed by atoms with Crippen molar-refractivity contribution in [1.82, 2.24) is 25.2 Å². The van der Waals surface area contributed by atoms with Gasteiger partial charge < -0.3 is 34.3 Å². The monoisotopic (exact) mass is 782 g/mol. The van der Waals surface area contributed by atoms with Crippen LogP contribution in [0.15, 0.2) is 24.3 Å². The van der Waals surface area contributed by atoms with Gasteiger partial charge in [-0.3, -0.25) is 4.90 Å². The zero-order valence-electron chi connectivity index (χ0n) is 32.6. The van der Waals surface area contributed by atoms with Crippen molar-refractivity contribution in [1.29, 1.82) is 0 Å². The number of benzene rings is 2. The predicted molar refractivity (Wildman–Crippen MR) is 210 cm³/mol. The number of nitrogens with zero attached hydrogens (tertiary/aromatic N) is 5. The Morgan fingerprint density at radius 1 is 1.05 bits per heavy atom. The van der Waals surface area contributed by atoms with E-state index in [0.29, 0.717) is 55.8 Å². The number of aromatic hydroxyl groups is 1. The number of rotatable bonds is 7. The number of alkyl carbamates (subject to hydrolysis) is 1. The highest BCUT2D eigenvalue weighted by molar-refractivity contribution is 6.04. The molecule has 6 atom stereocenters. The van der Waals surface area contributed by atoms with Gasteiger partial charge in [0.1, 0.15) is 39.6 Å². The topological polar surface area (TPSA) is 131 Å². The zero-order chi connectivity index (χ0) is 39.6. The Hall–Kier alpha value is -5.00. The summed E-state index contributed by atoms with van der Waals surface area (Å²) in [5, 5.41) is 14.4. The summed E-state index contributed by atoms with van der Waals surface area (Å²) in [6.45, 7) is 6.86. The van der Waals surface area contributed by atoms with Crippen LogP contribution in [-0.4, -0.2) is 101 Å². The Morgan fingerprint density at radius 3 is 2.60 bits per heavy atom. The van der Waals surface area contributed by atoms with E-state index < -0.39 is 23.3 Å². The molecule has 5 fully saturated rings. The first-order valence-electron chi connectivity index (χ1n) is 20.1. The number of amides is 1. The van der Waals surface area contributed by atoms with Gasteiger partial charge in [0, 0.05) is 35.0 Å². The molecule has 4 aromatic rings. The average molecular weight is 783 g/mol. The number of nitrogens with one attached hydrogen (secondary N) is 1. The van der Waals surface area contributed by atoms with Gasteiger partial charge >= 0.3 is 12.1 Å². The van der Waals surface area contributed by atoms with Crippen LogP contribution in [-0.2, 0) is 9.47 Å². The van der Waals surface area contributed by atoms with Gasteiger partial charge in [0.15, 0.2) is 5.82 Å². The smallest absolute Gasteiger partial charge is 0.407 e. The number of ether oxygens (including phenoxy) is 4. The van der Waals surface area contributed by atoms with Crippen LogP contribution in [0.5, 0.6) is 17.6 Å². The largest absolute Gasteiger partial charge is 0.508 e. The highest BCUT2D eigenvalue weighted by Gasteiger charge is 2.51. The van der Waals surface area contributed by atoms with Gasteiger partial charge in [0.2, 0.25) is 5.88 Å². The van der Waals surface area contributed by atoms with Gasteiger partial charge in [-0.15, -0.1) is 6.42 Å². The number of aromatic nitrogens is 3. The lowest BCUT2D eigenvalue weighted by Crippen LogP contribution is -2.57. The molecule has 1 saturated carbocycles. The molecule has 1 aliphatic carbocycles. The fourth-order valence-corrected chi connectivity index (χ4v) is 10.7. The normalized spacial score (nSPS) is 29.0. The summed E-state index contributed by atoms with van der Waals surface area (Å²) in [6.07, 6.45) is 14.2. The highest BCUT2D eigenvalue weighted by atomic mass is 19.1. The van der Waals surface area contributed by atoms with E-state index >= 15 is 8.78 Å². The van der Waals surface area contributed by atoms with Crippen molar-refractivity contribution in [3.8, 4) is 41.2 Å². The number of halogens is 2. The SMILES string of the molecule is C#Cc1c(F)ccc2cc(O)cc(-c3nc(OC)c4c(N5CCC[C@]6(CNC(=O)O6)C5)nc(OC[C@]56CCC[C@H]5N(C5C[C@@H](C)O[C@@H](C)C5)CCC6)nc4c3F)c12. The molecule has 9 rings (SSSR count). The number of piperidine rings is 2. The van der Waals surface area contributed by atoms with E-state index in [1.54, 1.807) is 0 Å². The molecule has 4 saturated heterocycles. The molecule has 2 aromatic heterocycles. The van der Waals surface area contributed by atoms with Crippen LogP contribution in [0.3, 0.4) is 0 Å². The number of hydrogen-bond acceptors (Lipinski definition) is 11. The van der Waals surface area contributed by atoms with Crippen LogP contribution in [0, 0.1) is 29.4 Å². The number of hydrogen-bond donors (Lipinski definition) is 2. The molecular weight excluding hydrogens is 735 g/mol. The fraction of sp³-hybridized carbons (Fsp3) is 0.535. The number of methoxy groups -OCH3 is 1. The maximum atomic E-state index is 17.5. The van der Waals surface area contributed by atoms with E-state index in [4.69, 9.17) is 35.3 Å². The number of carbonyl (C=O) groups excluding carboxylic acids is 1. The standard InChI is InChI=1S/C43H48F2N6O6/c1-5-29-31(44)11-10-26-19-28(52)20-30(33(26)29)36-35(45)37-34(39(47-36)54-4)38(50-15-8-14-43(22-50)21-46-41(53)57-43)49-40(48-37)55-23-42-12-6-9-32(42)51(16-7-13-42)27-17-24(2)56-25(3)18-27/h1,10-11,19-20,24-25,27,32,52H,6-9,12-18,21-23H2,2-4H3,(H,46,53)/t24-,25+,27?,32-,42-,43+/m1/s1. The second-order valence-corrected chi connectivity index (χ2v) is 16.7. The molecule has 57 heavy (non-hydrogen) atoms. The fourth-order valence-electron chi connectivity index (χ4n) is 10.7. The summed E-state index contributed by atoms with van der Waals surface area (Å²) >= 11 is 0. The maximum absolute atomic E-state index is 17.5. The van der Waals surface area contributed by atoms with Crippen molar-refractivity contribution in [2.24, 2.45) is 5.41 Å². The van der Waals surface area contributed by atoms with E-state index in [1.807, 2.05) is 4.90 Å². The first-order chi connectivity index (χ1) is 27.5. The Morgan fingerprint density at radius 2 is 1.84 bits per heavy atom. The number of phenolic OH excluding ortho intramolecular Hbond substituents is 1. The third-order valence-electron chi connectivity index (χ3n) is 13.0. The number of likely N-dealkylation sites (tertiary alicyclic amines) is 1. The summed E-state index contributed by atoms with van der Waals surface area (Å²) < 4.78 is 57.0. The lowest BCUT2D eigenvalue weighted by atomic mass is 9.74. The summed E-state index contributed by atoms with van der Waals surface area (Å²) in [6, 6.07) is 6.19. The van der Waals surface area contributed by atoms with Crippen molar-refractivity contribution in [2.75, 3.05) is 44.8 Å². The van der Waals surface area contributed by atoms with Gasteiger partial charge in [-0.05, 0) is 95.3 Å². The Kier molecular flexibility index (Phi) is 9.51. The van der Waals surface area contributed by atoms with Crippen molar-refractivity contribution in [2.45, 2.75) is 102 Å². The quantitative estimate of drug-likeness (QED) is 0.191. The van der Waals surface area contributed by atoms with Crippen LogP contribution < -0.4 is 19.7 Å². The van der Waals surface area contributed by atoms with E-state index in [-0.39, 0.29) is 74.9 Å². The molecule has 6 heterocycles. The minimum Gasteiger partial charge on any atom is -0.508 e. The molecule has 1 amide bonds. The van der Waals surface area contributed by atoms with Crippen molar-refractivity contribution in [3.63, 3.8) is 0 Å². The molecule has 0 radical (unpaired) electrons. The van der Waals surface area contributed by atoms with Crippen molar-refractivity contribution >= 4 is 33.6 Å². The molecule has 5 aliphatic rings. The lowest BCUT2D eigenvalue weighted by Gasteiger charge is -2.51. The molecule has 0 bridgehead atoms. The summed E-state index contributed by atoms with van der Waals surface area (Å²) in [4.78, 5) is 31.3. The zero-order valence-corrected chi connectivity index (χ0v) is 32.6. The van der Waals surface area contributed by atoms with Crippen LogP contribution in [0.25, 0.3) is 32.9 Å². The molecule has 4 aliphatic heterocycles. The van der Waals surface area contributed by atoms with Crippen molar-refractivity contribution < 1.29 is 37.6 Å². The minimum absolute atomic E-state index is 0.00153. The van der Waals surface area contributed by atoms with Gasteiger partial charge in [-0.2, -0.15) is 9.97 Å². The molecule has 1 unspecified atom stereocenters. The highest BCUT2D eigenvalue weighted by Crippen LogP contribution is 2.50. The molecule has 1 spiro atoms. The van der Waals surface area contributed by atoms with E-state index in [9.17, 15) is 9.90 Å². The average Bonchev–Trinajstić information content (AvgIpc) is 3.79. The molecule has 12 nitrogen and oxygen atoms in total. The first kappa shape index (κ1) is 37.6.